The highest BCUT2D eigenvalue weighted by Gasteiger charge is 2.21. The SMILES string of the molecule is O=C(C[NH2+][C@H](c1ccccc1)c1ccco1)NCc1ccc2c(c1)OCO2. The molecule has 27 heavy (non-hydrogen) atoms. The van der Waals surface area contributed by atoms with Gasteiger partial charge in [-0.1, -0.05) is 36.4 Å². The van der Waals surface area contributed by atoms with Crippen molar-refractivity contribution in [3.05, 3.63) is 83.8 Å². The van der Waals surface area contributed by atoms with Gasteiger partial charge < -0.3 is 24.5 Å². The molecule has 0 radical (unpaired) electrons. The largest absolute Gasteiger partial charge is 0.463 e. The van der Waals surface area contributed by atoms with Gasteiger partial charge in [0.1, 0.15) is 0 Å². The second-order valence-electron chi connectivity index (χ2n) is 6.31. The van der Waals surface area contributed by atoms with Crippen molar-refractivity contribution in [2.45, 2.75) is 12.6 Å². The molecule has 0 saturated heterocycles. The first kappa shape index (κ1) is 17.2. The Kier molecular flexibility index (Phi) is 5.07. The summed E-state index contributed by atoms with van der Waals surface area (Å²) in [6.07, 6.45) is 1.65. The highest BCUT2D eigenvalue weighted by Crippen LogP contribution is 2.32. The molecule has 1 atom stereocenters. The van der Waals surface area contributed by atoms with E-state index in [1.54, 1.807) is 6.26 Å². The monoisotopic (exact) mass is 365 g/mol. The average Bonchev–Trinajstić information content (AvgIpc) is 3.39. The predicted molar refractivity (Wildman–Crippen MR) is 98.2 cm³/mol. The number of hydrogen-bond donors (Lipinski definition) is 2. The molecule has 2 heterocycles. The Hall–Kier alpha value is -3.25. The number of carbonyl (C=O) groups is 1. The predicted octanol–water partition coefficient (Wildman–Crippen LogP) is 1.98. The molecule has 0 fully saturated rings. The molecular weight excluding hydrogens is 344 g/mol. The molecule has 0 aliphatic carbocycles. The van der Waals surface area contributed by atoms with Crippen molar-refractivity contribution in [1.29, 1.82) is 0 Å². The van der Waals surface area contributed by atoms with Crippen LogP contribution in [-0.4, -0.2) is 19.2 Å². The van der Waals surface area contributed by atoms with Crippen LogP contribution in [0.2, 0.25) is 0 Å². The molecule has 0 spiro atoms. The molecule has 0 bridgehead atoms. The number of fused-ring (bicyclic) bond motifs is 1. The van der Waals surface area contributed by atoms with Gasteiger partial charge in [0.05, 0.1) is 6.26 Å². The van der Waals surface area contributed by atoms with E-state index in [9.17, 15) is 4.79 Å². The minimum Gasteiger partial charge on any atom is -0.463 e. The molecule has 3 aromatic rings. The van der Waals surface area contributed by atoms with Crippen molar-refractivity contribution in [2.75, 3.05) is 13.3 Å². The number of ether oxygens (including phenoxy) is 2. The van der Waals surface area contributed by atoms with Crippen molar-refractivity contribution >= 4 is 5.91 Å². The number of rotatable bonds is 7. The minimum absolute atomic E-state index is 0.0415. The van der Waals surface area contributed by atoms with E-state index in [0.29, 0.717) is 13.1 Å². The number of nitrogens with two attached hydrogens (primary N) is 1. The molecule has 138 valence electrons. The van der Waals surface area contributed by atoms with E-state index in [0.717, 1.165) is 28.4 Å². The molecule has 3 N–H and O–H groups in total. The molecule has 1 aliphatic heterocycles. The summed E-state index contributed by atoms with van der Waals surface area (Å²) in [6.45, 7) is 0.985. The molecule has 1 aromatic heterocycles. The Labute approximate surface area is 157 Å². The lowest BCUT2D eigenvalue weighted by Crippen LogP contribution is -2.87. The third-order valence-electron chi connectivity index (χ3n) is 4.47. The Morgan fingerprint density at radius 2 is 1.89 bits per heavy atom. The van der Waals surface area contributed by atoms with Crippen LogP contribution in [0.3, 0.4) is 0 Å². The Balaban J connectivity index is 1.34. The molecule has 1 aliphatic rings. The molecule has 6 nitrogen and oxygen atoms in total. The van der Waals surface area contributed by atoms with Gasteiger partial charge in [-0.3, -0.25) is 4.79 Å². The first-order valence-corrected chi connectivity index (χ1v) is 8.86. The van der Waals surface area contributed by atoms with E-state index in [2.05, 4.69) is 5.32 Å². The molecule has 0 saturated carbocycles. The summed E-state index contributed by atoms with van der Waals surface area (Å²) in [5, 5.41) is 4.92. The Bertz CT molecular complexity index is 894. The molecular formula is C21H21N2O4+. The summed E-state index contributed by atoms with van der Waals surface area (Å²) < 4.78 is 16.2. The lowest BCUT2D eigenvalue weighted by atomic mass is 10.0. The zero-order valence-electron chi connectivity index (χ0n) is 14.8. The van der Waals surface area contributed by atoms with Crippen LogP contribution in [0.25, 0.3) is 0 Å². The summed E-state index contributed by atoms with van der Waals surface area (Å²) in [4.78, 5) is 12.3. The van der Waals surface area contributed by atoms with E-state index in [4.69, 9.17) is 13.9 Å². The fourth-order valence-electron chi connectivity index (χ4n) is 3.09. The van der Waals surface area contributed by atoms with Gasteiger partial charge >= 0.3 is 0 Å². The van der Waals surface area contributed by atoms with Gasteiger partial charge in [0.2, 0.25) is 6.79 Å². The van der Waals surface area contributed by atoms with Crippen LogP contribution in [0.1, 0.15) is 22.9 Å². The molecule has 1 amide bonds. The first-order chi connectivity index (χ1) is 13.3. The summed E-state index contributed by atoms with van der Waals surface area (Å²) in [6, 6.07) is 19.4. The van der Waals surface area contributed by atoms with Gasteiger partial charge in [-0.2, -0.15) is 0 Å². The number of amides is 1. The zero-order valence-corrected chi connectivity index (χ0v) is 14.8. The van der Waals surface area contributed by atoms with Gasteiger partial charge in [-0.05, 0) is 29.8 Å². The Morgan fingerprint density at radius 3 is 2.70 bits per heavy atom. The number of benzene rings is 2. The second kappa shape index (κ2) is 7.97. The lowest BCUT2D eigenvalue weighted by Gasteiger charge is -2.14. The molecule has 6 heteroatoms. The van der Waals surface area contributed by atoms with Crippen molar-refractivity contribution in [1.82, 2.24) is 5.32 Å². The maximum absolute atomic E-state index is 12.3. The van der Waals surface area contributed by atoms with Gasteiger partial charge in [0.15, 0.2) is 29.8 Å². The summed E-state index contributed by atoms with van der Waals surface area (Å²) >= 11 is 0. The van der Waals surface area contributed by atoms with Crippen LogP contribution < -0.4 is 20.1 Å². The quantitative estimate of drug-likeness (QED) is 0.671. The smallest absolute Gasteiger partial charge is 0.275 e. The van der Waals surface area contributed by atoms with Crippen LogP contribution in [-0.2, 0) is 11.3 Å². The van der Waals surface area contributed by atoms with Crippen LogP contribution >= 0.6 is 0 Å². The standard InChI is InChI=1S/C21H20N2O4/c24-20(22-12-15-8-9-17-19(11-15)27-14-26-17)13-23-21(18-7-4-10-25-18)16-5-2-1-3-6-16/h1-11,21,23H,12-14H2,(H,22,24)/p+1/t21-/m1/s1. The van der Waals surface area contributed by atoms with Crippen LogP contribution in [0.15, 0.2) is 71.3 Å². The number of hydrogen-bond acceptors (Lipinski definition) is 4. The van der Waals surface area contributed by atoms with Gasteiger partial charge in [-0.25, -0.2) is 0 Å². The summed E-state index contributed by atoms with van der Waals surface area (Å²) in [7, 11) is 0. The second-order valence-corrected chi connectivity index (χ2v) is 6.31. The van der Waals surface area contributed by atoms with Crippen molar-refractivity contribution in [2.24, 2.45) is 0 Å². The summed E-state index contributed by atoms with van der Waals surface area (Å²) in [5.41, 5.74) is 2.06. The third kappa shape index (κ3) is 4.12. The number of nitrogens with one attached hydrogen (secondary N) is 1. The fourth-order valence-corrected chi connectivity index (χ4v) is 3.09. The van der Waals surface area contributed by atoms with E-state index < -0.39 is 0 Å². The zero-order chi connectivity index (χ0) is 18.5. The van der Waals surface area contributed by atoms with Crippen LogP contribution in [0.4, 0.5) is 0 Å². The maximum Gasteiger partial charge on any atom is 0.275 e. The third-order valence-corrected chi connectivity index (χ3v) is 4.47. The van der Waals surface area contributed by atoms with Gasteiger partial charge in [-0.15, -0.1) is 0 Å². The molecule has 4 rings (SSSR count). The van der Waals surface area contributed by atoms with E-state index in [1.807, 2.05) is 66.0 Å². The number of quaternary nitrogens is 1. The normalized spacial score (nSPS) is 13.3. The minimum atomic E-state index is -0.0579. The maximum atomic E-state index is 12.3. The Morgan fingerprint density at radius 1 is 1.04 bits per heavy atom. The highest BCUT2D eigenvalue weighted by molar-refractivity contribution is 5.76. The average molecular weight is 365 g/mol. The fraction of sp³-hybridized carbons (Fsp3) is 0.190. The van der Waals surface area contributed by atoms with Crippen molar-refractivity contribution in [3.63, 3.8) is 0 Å². The van der Waals surface area contributed by atoms with E-state index in [1.165, 1.54) is 0 Å². The lowest BCUT2D eigenvalue weighted by molar-refractivity contribution is -0.678. The van der Waals surface area contributed by atoms with Crippen LogP contribution in [0.5, 0.6) is 11.5 Å². The number of furan rings is 1. The molecule has 0 unspecified atom stereocenters. The topological polar surface area (TPSA) is 77.3 Å². The van der Waals surface area contributed by atoms with Crippen molar-refractivity contribution in [3.8, 4) is 11.5 Å². The number of carbonyl (C=O) groups excluding carboxylic acids is 1. The van der Waals surface area contributed by atoms with E-state index in [-0.39, 0.29) is 18.7 Å². The van der Waals surface area contributed by atoms with E-state index >= 15 is 0 Å². The van der Waals surface area contributed by atoms with Gasteiger partial charge in [0, 0.05) is 12.1 Å². The van der Waals surface area contributed by atoms with Crippen molar-refractivity contribution < 1.29 is 24.0 Å². The van der Waals surface area contributed by atoms with Gasteiger partial charge in [0.25, 0.3) is 5.91 Å². The summed E-state index contributed by atoms with van der Waals surface area (Å²) in [5.74, 6) is 2.24. The molecule has 2 aromatic carbocycles. The first-order valence-electron chi connectivity index (χ1n) is 8.86. The highest BCUT2D eigenvalue weighted by atomic mass is 16.7. The van der Waals surface area contributed by atoms with Crippen LogP contribution in [0, 0.1) is 0 Å².